The van der Waals surface area contributed by atoms with Gasteiger partial charge in [-0.1, -0.05) is 14.4 Å². The van der Waals surface area contributed by atoms with E-state index in [0.717, 1.165) is 23.7 Å². The molecule has 0 rings (SSSR count). The predicted molar refractivity (Wildman–Crippen MR) is 249 cm³/mol. The summed E-state index contributed by atoms with van der Waals surface area (Å²) in [5.41, 5.74) is 0. The Labute approximate surface area is 372 Å². The molecule has 0 unspecified atom stereocenters. The van der Waals surface area contributed by atoms with Crippen LogP contribution in [0, 0.1) is 0 Å². The van der Waals surface area contributed by atoms with Crippen molar-refractivity contribution < 1.29 is 55.1 Å². The molecule has 24 heteroatoms. The Morgan fingerprint density at radius 1 is 0.410 bits per heavy atom. The topological polar surface area (TPSA) is 222 Å². The predicted octanol–water partition coefficient (Wildman–Crippen LogP) is 2.49. The van der Waals surface area contributed by atoms with Gasteiger partial charge in [0.1, 0.15) is 0 Å². The average molecular weight is 931 g/mol. The van der Waals surface area contributed by atoms with Crippen LogP contribution in [0.25, 0.3) is 0 Å². The molecule has 0 aliphatic heterocycles. The van der Waals surface area contributed by atoms with Crippen LogP contribution in [-0.2, 0) is 39.1 Å². The number of urea groups is 2. The molecule has 0 N–H and O–H groups in total. The van der Waals surface area contributed by atoms with Gasteiger partial charge in [0.2, 0.25) is 31.9 Å². The first kappa shape index (κ1) is 77.4. The number of ether oxygens (including phenoxy) is 2. The van der Waals surface area contributed by atoms with E-state index in [1.165, 1.54) is 70.3 Å². The Morgan fingerprint density at radius 2 is 0.689 bits per heavy atom. The molecule has 0 aliphatic rings. The van der Waals surface area contributed by atoms with Gasteiger partial charge in [-0.3, -0.25) is 9.59 Å². The van der Waals surface area contributed by atoms with Gasteiger partial charge >= 0.3 is 24.2 Å². The molecule has 372 valence electrons. The first-order chi connectivity index (χ1) is 26.8. The zero-order valence-corrected chi connectivity index (χ0v) is 43.6. The van der Waals surface area contributed by atoms with E-state index in [0.29, 0.717) is 13.1 Å². The molecule has 0 fully saturated rings. The second kappa shape index (κ2) is 43.9. The van der Waals surface area contributed by atoms with Crippen molar-refractivity contribution in [3.8, 4) is 0 Å². The highest BCUT2D eigenvalue weighted by atomic mass is 32.2. The fourth-order valence-corrected chi connectivity index (χ4v) is 2.27. The van der Waals surface area contributed by atoms with Gasteiger partial charge in [-0.15, -0.1) is 0 Å². The molecule has 0 atom stereocenters. The van der Waals surface area contributed by atoms with E-state index in [-0.39, 0.29) is 43.5 Å². The molecule has 0 aliphatic carbocycles. The molecule has 0 saturated carbocycles. The summed E-state index contributed by atoms with van der Waals surface area (Å²) in [6, 6.07) is 0.0718. The fourth-order valence-electron chi connectivity index (χ4n) is 1.80. The minimum atomic E-state index is -2.92. The van der Waals surface area contributed by atoms with Crippen LogP contribution in [0.4, 0.5) is 19.2 Å². The summed E-state index contributed by atoms with van der Waals surface area (Å²) in [4.78, 5) is 74.9. The van der Waals surface area contributed by atoms with Crippen LogP contribution < -0.4 is 0 Å². The first-order valence-electron chi connectivity index (χ1n) is 18.3. The lowest BCUT2D eigenvalue weighted by molar-refractivity contribution is -0.127. The highest BCUT2D eigenvalue weighted by molar-refractivity contribution is 7.88. The number of methoxy groups -OCH3 is 2. The molecule has 0 saturated heterocycles. The van der Waals surface area contributed by atoms with E-state index in [9.17, 15) is 45.6 Å². The number of carbonyl (C=O) groups is 6. The van der Waals surface area contributed by atoms with E-state index in [2.05, 4.69) is 9.47 Å². The smallest absolute Gasteiger partial charge is 0.409 e. The molecule has 0 aromatic rings. The molecule has 61 heavy (non-hydrogen) atoms. The standard InChI is InChI=1S/C6H14N2O.C5H12N2O.C5H11NO2.C5H11NO.C4H11NO2S.C4H9NO2.C4H9NO.C3H9NO2S.CH4/c1-5-8(4)6(9)7(2)3;1-6(2)5(8)7(3)4;1-4-6(2)5(7)8-3;1-4-6(3)5(2)7;1-4-5(2)8(3,6)7;1-5(2)4(6)7-3;1-4(6)5(2)3;1-4(2)7(3,5)6;/h5H2,1-4H3;1-4H3;4H2,1-3H3;4H2,1-3H3;4H2,1-3H3;1-3H3;1-3H3;1-3H3;1H4. The lowest BCUT2D eigenvalue weighted by Crippen LogP contribution is -2.35. The Morgan fingerprint density at radius 3 is 0.721 bits per heavy atom. The number of nitrogens with zero attached hydrogens (tertiary/aromatic N) is 10. The summed E-state index contributed by atoms with van der Waals surface area (Å²) in [6.45, 7) is 13.4. The normalized spacial score (nSPS) is 9.25. The summed E-state index contributed by atoms with van der Waals surface area (Å²) >= 11 is 0. The number of carbonyl (C=O) groups excluding carboxylic acids is 6. The second-order valence-electron chi connectivity index (χ2n) is 13.3. The highest BCUT2D eigenvalue weighted by Gasteiger charge is 2.07. The van der Waals surface area contributed by atoms with Crippen molar-refractivity contribution in [2.24, 2.45) is 0 Å². The maximum atomic E-state index is 10.9. The SMILES string of the molecule is C.CC(=O)N(C)C.CCN(C)C(=O)N(C)C.CCN(C)C(=O)OC.CCN(C)C(C)=O.CCN(C)S(C)(=O)=O.CN(C)C(=O)N(C)C.CN(C)S(C)(=O)=O.COC(=O)N(C)C. The van der Waals surface area contributed by atoms with Crippen LogP contribution in [0.1, 0.15) is 49.0 Å². The van der Waals surface area contributed by atoms with Gasteiger partial charge in [-0.25, -0.2) is 44.6 Å². The third-order valence-electron chi connectivity index (χ3n) is 6.77. The lowest BCUT2D eigenvalue weighted by atomic mass is 10.6. The van der Waals surface area contributed by atoms with Gasteiger partial charge in [0.05, 0.1) is 26.7 Å². The largest absolute Gasteiger partial charge is 0.453 e. The maximum Gasteiger partial charge on any atom is 0.409 e. The second-order valence-corrected chi connectivity index (χ2v) is 17.6. The number of hydrogen-bond donors (Lipinski definition) is 0. The third-order valence-corrected chi connectivity index (χ3v) is 9.48. The summed E-state index contributed by atoms with van der Waals surface area (Å²) in [5, 5.41) is 0. The molecule has 0 bridgehead atoms. The van der Waals surface area contributed by atoms with Gasteiger partial charge in [0.15, 0.2) is 0 Å². The third kappa shape index (κ3) is 60.2. The number of amides is 8. The molecule has 0 heterocycles. The van der Waals surface area contributed by atoms with Crippen LogP contribution in [0.2, 0.25) is 0 Å². The van der Waals surface area contributed by atoms with E-state index < -0.39 is 20.0 Å². The van der Waals surface area contributed by atoms with Gasteiger partial charge in [0.25, 0.3) is 0 Å². The van der Waals surface area contributed by atoms with Crippen LogP contribution >= 0.6 is 0 Å². The number of hydrogen-bond acceptors (Lipinski definition) is 12. The first-order valence-corrected chi connectivity index (χ1v) is 22.0. The van der Waals surface area contributed by atoms with Crippen LogP contribution in [0.15, 0.2) is 0 Å². The summed E-state index contributed by atoms with van der Waals surface area (Å²) in [6.07, 6.45) is 1.75. The average Bonchev–Trinajstić information content (AvgIpc) is 3.15. The number of rotatable bonds is 6. The Bertz CT molecular complexity index is 1350. The molecule has 0 spiro atoms. The highest BCUT2D eigenvalue weighted by Crippen LogP contribution is 1.90. The molecular weight excluding hydrogens is 841 g/mol. The fraction of sp³-hybridized carbons (Fsp3) is 0.838. The molecule has 8 amide bonds. The van der Waals surface area contributed by atoms with Crippen molar-refractivity contribution in [1.29, 1.82) is 0 Å². The van der Waals surface area contributed by atoms with Crippen molar-refractivity contribution in [2.45, 2.75) is 49.0 Å². The van der Waals surface area contributed by atoms with Gasteiger partial charge in [0, 0.05) is 153 Å². The van der Waals surface area contributed by atoms with Crippen molar-refractivity contribution >= 4 is 56.1 Å². The van der Waals surface area contributed by atoms with E-state index in [1.807, 2.05) is 20.8 Å². The van der Waals surface area contributed by atoms with Gasteiger partial charge in [-0.2, -0.15) is 0 Å². The minimum Gasteiger partial charge on any atom is -0.453 e. The Hall–Kier alpha value is -4.16. The van der Waals surface area contributed by atoms with E-state index in [1.54, 1.807) is 127 Å². The number of sulfonamides is 2. The maximum absolute atomic E-state index is 10.9. The van der Waals surface area contributed by atoms with E-state index >= 15 is 0 Å². The monoisotopic (exact) mass is 931 g/mol. The van der Waals surface area contributed by atoms with Gasteiger partial charge in [-0.05, 0) is 20.8 Å². The molecular formula is C37H90N10O12S2. The van der Waals surface area contributed by atoms with Crippen LogP contribution in [0.3, 0.4) is 0 Å². The Kier molecular flexibility index (Phi) is 55.7. The minimum absolute atomic E-state index is 0. The molecule has 22 nitrogen and oxygen atoms in total. The summed E-state index contributed by atoms with van der Waals surface area (Å²) < 4.78 is 52.6. The molecule has 0 radical (unpaired) electrons. The zero-order chi connectivity index (χ0) is 50.5. The van der Waals surface area contributed by atoms with E-state index in [4.69, 9.17) is 0 Å². The van der Waals surface area contributed by atoms with Crippen molar-refractivity contribution in [2.75, 3.05) is 166 Å². The van der Waals surface area contributed by atoms with Crippen LogP contribution in [-0.4, -0.2) is 266 Å². The molecule has 0 aromatic carbocycles. The molecule has 0 aromatic heterocycles. The van der Waals surface area contributed by atoms with Gasteiger partial charge < -0.3 is 48.7 Å². The quantitative estimate of drug-likeness (QED) is 0.375. The van der Waals surface area contributed by atoms with Crippen molar-refractivity contribution in [1.82, 2.24) is 47.8 Å². The van der Waals surface area contributed by atoms with Crippen molar-refractivity contribution in [3.63, 3.8) is 0 Å². The van der Waals surface area contributed by atoms with Crippen molar-refractivity contribution in [3.05, 3.63) is 0 Å². The van der Waals surface area contributed by atoms with Crippen LogP contribution in [0.5, 0.6) is 0 Å². The Balaban J connectivity index is -0.0000000724. The zero-order valence-electron chi connectivity index (χ0n) is 42.0. The summed E-state index contributed by atoms with van der Waals surface area (Å²) in [5.74, 6) is 0.220. The lowest BCUT2D eigenvalue weighted by Gasteiger charge is -2.19. The summed E-state index contributed by atoms with van der Waals surface area (Å²) in [7, 11) is 23.8.